The minimum Gasteiger partial charge on any atom is -0.496 e. The van der Waals surface area contributed by atoms with Crippen LogP contribution in [-0.2, 0) is 11.2 Å². The predicted molar refractivity (Wildman–Crippen MR) is 116 cm³/mol. The molecule has 0 bridgehead atoms. The standard InChI is InChI=1S/C19H25IO6S/c1-11(6-8-15(21)22)5-7-14-17(25-4)13(3)12(2)16(19(23)24)18(14)26-9-10-27-20/h5H,6-10H2,1-4H3,(H,21,22)(H,23,24)/b11-5+. The lowest BCUT2D eigenvalue weighted by atomic mass is 9.94. The second-order valence-electron chi connectivity index (χ2n) is 6.08. The van der Waals surface area contributed by atoms with Crippen LogP contribution < -0.4 is 9.47 Å². The fourth-order valence-corrected chi connectivity index (χ4v) is 3.43. The number of ether oxygens (including phenoxy) is 2. The number of aromatic carboxylic acids is 1. The van der Waals surface area contributed by atoms with Crippen LogP contribution in [0.15, 0.2) is 11.6 Å². The molecule has 0 saturated heterocycles. The number of rotatable bonds is 11. The molecule has 0 amide bonds. The van der Waals surface area contributed by atoms with Crippen molar-refractivity contribution in [2.24, 2.45) is 0 Å². The van der Waals surface area contributed by atoms with Crippen molar-refractivity contribution in [2.75, 3.05) is 19.5 Å². The number of aliphatic carboxylic acids is 1. The van der Waals surface area contributed by atoms with E-state index >= 15 is 0 Å². The van der Waals surface area contributed by atoms with Crippen molar-refractivity contribution in [1.29, 1.82) is 0 Å². The SMILES string of the molecule is COc1c(C)c(C)c(C(=O)O)c(OCCSI)c1C/C=C(\C)CCC(=O)O. The maximum Gasteiger partial charge on any atom is 0.339 e. The van der Waals surface area contributed by atoms with Crippen LogP contribution in [0.4, 0.5) is 0 Å². The molecule has 0 aliphatic rings. The van der Waals surface area contributed by atoms with Gasteiger partial charge in [0.15, 0.2) is 0 Å². The quantitative estimate of drug-likeness (QED) is 0.251. The average molecular weight is 508 g/mol. The number of halogens is 1. The van der Waals surface area contributed by atoms with Gasteiger partial charge in [0, 0.05) is 17.7 Å². The van der Waals surface area contributed by atoms with E-state index in [2.05, 4.69) is 21.2 Å². The van der Waals surface area contributed by atoms with Crippen molar-refractivity contribution >= 4 is 42.1 Å². The molecule has 0 spiro atoms. The first-order chi connectivity index (χ1) is 12.7. The van der Waals surface area contributed by atoms with Gasteiger partial charge in [-0.15, -0.1) is 0 Å². The predicted octanol–water partition coefficient (Wildman–Crippen LogP) is 4.83. The summed E-state index contributed by atoms with van der Waals surface area (Å²) in [5.74, 6) is -0.225. The zero-order valence-corrected chi connectivity index (χ0v) is 18.9. The summed E-state index contributed by atoms with van der Waals surface area (Å²) in [7, 11) is 3.14. The third kappa shape index (κ3) is 6.60. The number of hydrogen-bond donors (Lipinski definition) is 2. The summed E-state index contributed by atoms with van der Waals surface area (Å²) in [6.07, 6.45) is 2.81. The first-order valence-electron chi connectivity index (χ1n) is 8.41. The Hall–Kier alpha value is -1.42. The Labute approximate surface area is 175 Å². The van der Waals surface area contributed by atoms with Crippen LogP contribution in [0.1, 0.15) is 46.8 Å². The van der Waals surface area contributed by atoms with Crippen molar-refractivity contribution in [1.82, 2.24) is 0 Å². The van der Waals surface area contributed by atoms with Gasteiger partial charge in [-0.25, -0.2) is 4.79 Å². The van der Waals surface area contributed by atoms with Crippen molar-refractivity contribution in [3.63, 3.8) is 0 Å². The molecule has 27 heavy (non-hydrogen) atoms. The molecule has 6 nitrogen and oxygen atoms in total. The number of benzene rings is 1. The molecular weight excluding hydrogens is 483 g/mol. The highest BCUT2D eigenvalue weighted by Gasteiger charge is 2.25. The molecule has 0 aromatic heterocycles. The van der Waals surface area contributed by atoms with Gasteiger partial charge >= 0.3 is 11.9 Å². The van der Waals surface area contributed by atoms with E-state index in [9.17, 15) is 14.7 Å². The molecule has 0 radical (unpaired) electrons. The van der Waals surface area contributed by atoms with Gasteiger partial charge in [-0.2, -0.15) is 0 Å². The Morgan fingerprint density at radius 2 is 1.81 bits per heavy atom. The topological polar surface area (TPSA) is 93.1 Å². The minimum atomic E-state index is -1.04. The Bertz CT molecular complexity index is 730. The number of methoxy groups -OCH3 is 1. The molecule has 150 valence electrons. The highest BCUT2D eigenvalue weighted by atomic mass is 127. The summed E-state index contributed by atoms with van der Waals surface area (Å²) in [5.41, 5.74) is 3.12. The summed E-state index contributed by atoms with van der Waals surface area (Å²) in [4.78, 5) is 22.6. The van der Waals surface area contributed by atoms with Crippen LogP contribution in [0.2, 0.25) is 0 Å². The molecule has 0 saturated carbocycles. The summed E-state index contributed by atoms with van der Waals surface area (Å²) in [5, 5.41) is 18.6. The zero-order valence-electron chi connectivity index (χ0n) is 15.9. The largest absolute Gasteiger partial charge is 0.496 e. The van der Waals surface area contributed by atoms with E-state index < -0.39 is 11.9 Å². The average Bonchev–Trinajstić information content (AvgIpc) is 2.61. The van der Waals surface area contributed by atoms with Gasteiger partial charge in [0.1, 0.15) is 17.1 Å². The molecule has 8 heteroatoms. The maximum atomic E-state index is 11.9. The van der Waals surface area contributed by atoms with Crippen LogP contribution in [0, 0.1) is 13.8 Å². The van der Waals surface area contributed by atoms with Gasteiger partial charge in [0.2, 0.25) is 0 Å². The van der Waals surface area contributed by atoms with Crippen molar-refractivity contribution in [3.05, 3.63) is 33.9 Å². The Balaban J connectivity index is 3.41. The van der Waals surface area contributed by atoms with E-state index in [1.807, 2.05) is 19.9 Å². The van der Waals surface area contributed by atoms with Gasteiger partial charge in [-0.1, -0.05) is 20.6 Å². The Kier molecular flexibility index (Phi) is 10.00. The molecular formula is C19H25IO6S. The normalized spacial score (nSPS) is 11.4. The fourth-order valence-electron chi connectivity index (χ4n) is 2.74. The third-order valence-corrected chi connectivity index (χ3v) is 5.91. The van der Waals surface area contributed by atoms with Crippen molar-refractivity contribution < 1.29 is 29.3 Å². The second-order valence-corrected chi connectivity index (χ2v) is 8.58. The summed E-state index contributed by atoms with van der Waals surface area (Å²) >= 11 is 2.16. The number of allylic oxidation sites excluding steroid dienone is 2. The molecule has 2 N–H and O–H groups in total. The first kappa shape index (κ1) is 23.6. The van der Waals surface area contributed by atoms with E-state index in [1.54, 1.807) is 23.0 Å². The molecule has 1 aromatic carbocycles. The van der Waals surface area contributed by atoms with Crippen LogP contribution >= 0.6 is 30.1 Å². The Morgan fingerprint density at radius 1 is 1.15 bits per heavy atom. The van der Waals surface area contributed by atoms with Gasteiger partial charge in [0.05, 0.1) is 13.7 Å². The molecule has 1 aromatic rings. The van der Waals surface area contributed by atoms with Gasteiger partial charge < -0.3 is 19.7 Å². The number of carboxylic acid groups (broad SMARTS) is 2. The van der Waals surface area contributed by atoms with E-state index in [0.717, 1.165) is 16.9 Å². The third-order valence-electron chi connectivity index (χ3n) is 4.27. The van der Waals surface area contributed by atoms with E-state index in [0.29, 0.717) is 42.1 Å². The lowest BCUT2D eigenvalue weighted by Gasteiger charge is -2.21. The van der Waals surface area contributed by atoms with Gasteiger partial charge in [-0.3, -0.25) is 4.79 Å². The minimum absolute atomic E-state index is 0.0585. The van der Waals surface area contributed by atoms with Gasteiger partial charge in [0.25, 0.3) is 0 Å². The lowest BCUT2D eigenvalue weighted by Crippen LogP contribution is -2.13. The monoisotopic (exact) mass is 508 g/mol. The smallest absolute Gasteiger partial charge is 0.339 e. The Morgan fingerprint density at radius 3 is 2.33 bits per heavy atom. The highest BCUT2D eigenvalue weighted by molar-refractivity contribution is 14.2. The second kappa shape index (κ2) is 11.4. The lowest BCUT2D eigenvalue weighted by molar-refractivity contribution is -0.136. The maximum absolute atomic E-state index is 11.9. The van der Waals surface area contributed by atoms with E-state index in [4.69, 9.17) is 14.6 Å². The molecule has 0 aliphatic heterocycles. The molecule has 0 unspecified atom stereocenters. The molecule has 0 fully saturated rings. The van der Waals surface area contributed by atoms with Crippen LogP contribution in [0.3, 0.4) is 0 Å². The van der Waals surface area contributed by atoms with Crippen molar-refractivity contribution in [2.45, 2.75) is 40.0 Å². The number of carbonyl (C=O) groups is 2. The van der Waals surface area contributed by atoms with E-state index in [1.165, 1.54) is 0 Å². The summed E-state index contributed by atoms with van der Waals surface area (Å²) in [6, 6.07) is 0. The van der Waals surface area contributed by atoms with Crippen LogP contribution in [-0.4, -0.2) is 41.6 Å². The van der Waals surface area contributed by atoms with E-state index in [-0.39, 0.29) is 12.0 Å². The fraction of sp³-hybridized carbons (Fsp3) is 0.474. The number of carboxylic acids is 2. The molecule has 0 aliphatic carbocycles. The first-order valence-corrected chi connectivity index (χ1v) is 11.9. The van der Waals surface area contributed by atoms with Crippen LogP contribution in [0.5, 0.6) is 11.5 Å². The van der Waals surface area contributed by atoms with Gasteiger partial charge in [-0.05, 0) is 65.9 Å². The highest BCUT2D eigenvalue weighted by Crippen LogP contribution is 2.39. The molecule has 0 heterocycles. The summed E-state index contributed by atoms with van der Waals surface area (Å²) < 4.78 is 11.4. The van der Waals surface area contributed by atoms with Crippen LogP contribution in [0.25, 0.3) is 0 Å². The molecule has 1 rings (SSSR count). The molecule has 0 atom stereocenters. The summed E-state index contributed by atoms with van der Waals surface area (Å²) in [6.45, 7) is 5.82. The number of hydrogen-bond acceptors (Lipinski definition) is 5. The zero-order chi connectivity index (χ0) is 20.6. The van der Waals surface area contributed by atoms with Crippen molar-refractivity contribution in [3.8, 4) is 11.5 Å².